The van der Waals surface area contributed by atoms with Gasteiger partial charge in [-0.3, -0.25) is 9.59 Å². The normalized spacial score (nSPS) is 14.0. The standard InChI is InChI=1S/C22H28N4O2/c1-17-9-10-18(23)16-20(17)22(28)24-11-5-8-21(27)26-14-12-25(13-15-26)19-6-3-2-4-7-19/h2-4,6-7,9-10,16H,5,8,11-15,23H2,1H3,(H,24,28). The first-order valence-corrected chi connectivity index (χ1v) is 9.76. The number of benzene rings is 2. The van der Waals surface area contributed by atoms with E-state index in [1.165, 1.54) is 5.69 Å². The molecule has 2 amide bonds. The number of hydrogen-bond acceptors (Lipinski definition) is 4. The van der Waals surface area contributed by atoms with Crippen LogP contribution in [-0.4, -0.2) is 49.4 Å². The van der Waals surface area contributed by atoms with Crippen LogP contribution in [0.25, 0.3) is 0 Å². The number of nitrogens with one attached hydrogen (secondary N) is 1. The SMILES string of the molecule is Cc1ccc(N)cc1C(=O)NCCCC(=O)N1CCN(c2ccccc2)CC1. The zero-order valence-corrected chi connectivity index (χ0v) is 16.4. The molecule has 148 valence electrons. The van der Waals surface area contributed by atoms with Crippen LogP contribution in [0.4, 0.5) is 11.4 Å². The maximum atomic E-state index is 12.4. The van der Waals surface area contributed by atoms with E-state index in [4.69, 9.17) is 5.73 Å². The summed E-state index contributed by atoms with van der Waals surface area (Å²) in [7, 11) is 0. The number of aryl methyl sites for hydroxylation is 1. The van der Waals surface area contributed by atoms with Gasteiger partial charge in [0.25, 0.3) is 5.91 Å². The third-order valence-electron chi connectivity index (χ3n) is 5.11. The Kier molecular flexibility index (Phi) is 6.53. The van der Waals surface area contributed by atoms with Crippen LogP contribution in [0.2, 0.25) is 0 Å². The van der Waals surface area contributed by atoms with E-state index < -0.39 is 0 Å². The number of rotatable bonds is 6. The van der Waals surface area contributed by atoms with Gasteiger partial charge in [0.1, 0.15) is 0 Å². The number of piperazine rings is 1. The van der Waals surface area contributed by atoms with Crippen LogP contribution in [0.1, 0.15) is 28.8 Å². The fourth-order valence-electron chi connectivity index (χ4n) is 3.43. The molecule has 6 heteroatoms. The number of nitrogens with zero attached hydrogens (tertiary/aromatic N) is 2. The fourth-order valence-corrected chi connectivity index (χ4v) is 3.43. The van der Waals surface area contributed by atoms with Gasteiger partial charge in [0.05, 0.1) is 0 Å². The molecule has 0 aliphatic carbocycles. The first-order chi connectivity index (χ1) is 13.5. The third kappa shape index (κ3) is 5.03. The van der Waals surface area contributed by atoms with Crippen LogP contribution in [0, 0.1) is 6.92 Å². The van der Waals surface area contributed by atoms with Gasteiger partial charge < -0.3 is 20.9 Å². The minimum atomic E-state index is -0.145. The Bertz CT molecular complexity index is 815. The van der Waals surface area contributed by atoms with Gasteiger partial charge in [-0.25, -0.2) is 0 Å². The van der Waals surface area contributed by atoms with Crippen molar-refractivity contribution in [1.29, 1.82) is 0 Å². The van der Waals surface area contributed by atoms with E-state index in [-0.39, 0.29) is 11.8 Å². The van der Waals surface area contributed by atoms with E-state index in [9.17, 15) is 9.59 Å². The van der Waals surface area contributed by atoms with Crippen molar-refractivity contribution in [2.24, 2.45) is 0 Å². The molecule has 0 saturated carbocycles. The van der Waals surface area contributed by atoms with Crippen molar-refractivity contribution in [3.63, 3.8) is 0 Å². The molecular weight excluding hydrogens is 352 g/mol. The summed E-state index contributed by atoms with van der Waals surface area (Å²) in [6, 6.07) is 15.6. The van der Waals surface area contributed by atoms with Crippen molar-refractivity contribution in [2.75, 3.05) is 43.4 Å². The minimum Gasteiger partial charge on any atom is -0.399 e. The molecule has 0 aromatic heterocycles. The number of nitrogens with two attached hydrogens (primary N) is 1. The summed E-state index contributed by atoms with van der Waals surface area (Å²) in [5, 5.41) is 2.88. The van der Waals surface area contributed by atoms with Gasteiger partial charge in [-0.05, 0) is 43.2 Å². The molecule has 0 spiro atoms. The molecule has 0 atom stereocenters. The van der Waals surface area contributed by atoms with Crippen molar-refractivity contribution in [3.8, 4) is 0 Å². The molecule has 1 fully saturated rings. The van der Waals surface area contributed by atoms with E-state index >= 15 is 0 Å². The van der Waals surface area contributed by atoms with Crippen LogP contribution in [-0.2, 0) is 4.79 Å². The number of anilines is 2. The molecule has 0 bridgehead atoms. The number of carbonyl (C=O) groups excluding carboxylic acids is 2. The zero-order chi connectivity index (χ0) is 19.9. The van der Waals surface area contributed by atoms with Crippen molar-refractivity contribution in [3.05, 3.63) is 59.7 Å². The van der Waals surface area contributed by atoms with Gasteiger partial charge in [-0.15, -0.1) is 0 Å². The molecule has 2 aromatic carbocycles. The second-order valence-electron chi connectivity index (χ2n) is 7.14. The van der Waals surface area contributed by atoms with Crippen LogP contribution in [0.3, 0.4) is 0 Å². The average Bonchev–Trinajstić information content (AvgIpc) is 2.73. The number of para-hydroxylation sites is 1. The van der Waals surface area contributed by atoms with Crippen molar-refractivity contribution >= 4 is 23.2 Å². The zero-order valence-electron chi connectivity index (χ0n) is 16.4. The second kappa shape index (κ2) is 9.26. The van der Waals surface area contributed by atoms with Crippen LogP contribution in [0.15, 0.2) is 48.5 Å². The maximum absolute atomic E-state index is 12.4. The number of carbonyl (C=O) groups is 2. The van der Waals surface area contributed by atoms with Gasteiger partial charge in [0.15, 0.2) is 0 Å². The summed E-state index contributed by atoms with van der Waals surface area (Å²) >= 11 is 0. The molecule has 28 heavy (non-hydrogen) atoms. The lowest BCUT2D eigenvalue weighted by Crippen LogP contribution is -2.48. The Morgan fingerprint density at radius 2 is 1.75 bits per heavy atom. The fraction of sp³-hybridized carbons (Fsp3) is 0.364. The monoisotopic (exact) mass is 380 g/mol. The largest absolute Gasteiger partial charge is 0.399 e. The quantitative estimate of drug-likeness (QED) is 0.596. The number of amides is 2. The van der Waals surface area contributed by atoms with E-state index in [0.717, 1.165) is 31.7 Å². The average molecular weight is 380 g/mol. The van der Waals surface area contributed by atoms with E-state index in [0.29, 0.717) is 30.6 Å². The van der Waals surface area contributed by atoms with E-state index in [2.05, 4.69) is 22.3 Å². The Labute approximate surface area is 166 Å². The molecular formula is C22H28N4O2. The van der Waals surface area contributed by atoms with Crippen molar-refractivity contribution in [1.82, 2.24) is 10.2 Å². The predicted molar refractivity (Wildman–Crippen MR) is 112 cm³/mol. The summed E-state index contributed by atoms with van der Waals surface area (Å²) in [6.45, 7) is 5.53. The summed E-state index contributed by atoms with van der Waals surface area (Å²) in [6.07, 6.45) is 1.08. The number of hydrogen-bond donors (Lipinski definition) is 2. The Hall–Kier alpha value is -3.02. The summed E-state index contributed by atoms with van der Waals surface area (Å²) in [5.74, 6) is 0.0100. The molecule has 3 N–H and O–H groups in total. The van der Waals surface area contributed by atoms with Crippen LogP contribution < -0.4 is 16.0 Å². The molecule has 1 heterocycles. The second-order valence-corrected chi connectivity index (χ2v) is 7.14. The molecule has 0 unspecified atom stereocenters. The highest BCUT2D eigenvalue weighted by Gasteiger charge is 2.20. The lowest BCUT2D eigenvalue weighted by Gasteiger charge is -2.36. The minimum absolute atomic E-state index is 0.145. The van der Waals surface area contributed by atoms with E-state index in [1.807, 2.05) is 36.1 Å². The van der Waals surface area contributed by atoms with Gasteiger partial charge in [-0.1, -0.05) is 24.3 Å². The maximum Gasteiger partial charge on any atom is 0.251 e. The third-order valence-corrected chi connectivity index (χ3v) is 5.11. The van der Waals surface area contributed by atoms with Gasteiger partial charge in [-0.2, -0.15) is 0 Å². The molecule has 1 aliphatic rings. The molecule has 1 aliphatic heterocycles. The highest BCUT2D eigenvalue weighted by molar-refractivity contribution is 5.96. The Morgan fingerprint density at radius 1 is 1.04 bits per heavy atom. The van der Waals surface area contributed by atoms with Crippen LogP contribution >= 0.6 is 0 Å². The Balaban J connectivity index is 1.38. The lowest BCUT2D eigenvalue weighted by molar-refractivity contribution is -0.131. The molecule has 0 radical (unpaired) electrons. The number of nitrogen functional groups attached to an aromatic ring is 1. The molecule has 1 saturated heterocycles. The van der Waals surface area contributed by atoms with E-state index in [1.54, 1.807) is 12.1 Å². The highest BCUT2D eigenvalue weighted by Crippen LogP contribution is 2.16. The molecule has 2 aromatic rings. The summed E-state index contributed by atoms with van der Waals surface area (Å²) in [5.41, 5.74) is 9.00. The van der Waals surface area contributed by atoms with Gasteiger partial charge in [0.2, 0.25) is 5.91 Å². The summed E-state index contributed by atoms with van der Waals surface area (Å²) in [4.78, 5) is 28.9. The first kappa shape index (κ1) is 19.7. The van der Waals surface area contributed by atoms with Gasteiger partial charge >= 0.3 is 0 Å². The predicted octanol–water partition coefficient (Wildman–Crippen LogP) is 2.44. The lowest BCUT2D eigenvalue weighted by atomic mass is 10.1. The molecule has 6 nitrogen and oxygen atoms in total. The Morgan fingerprint density at radius 3 is 2.46 bits per heavy atom. The smallest absolute Gasteiger partial charge is 0.251 e. The van der Waals surface area contributed by atoms with Crippen molar-refractivity contribution in [2.45, 2.75) is 19.8 Å². The van der Waals surface area contributed by atoms with Gasteiger partial charge in [0, 0.05) is 56.1 Å². The first-order valence-electron chi connectivity index (χ1n) is 9.76. The topological polar surface area (TPSA) is 78.7 Å². The molecule has 3 rings (SSSR count). The summed E-state index contributed by atoms with van der Waals surface area (Å²) < 4.78 is 0. The van der Waals surface area contributed by atoms with Crippen LogP contribution in [0.5, 0.6) is 0 Å². The highest BCUT2D eigenvalue weighted by atomic mass is 16.2. The van der Waals surface area contributed by atoms with Crippen molar-refractivity contribution < 1.29 is 9.59 Å².